The molecule has 1 aromatic heterocycles. The molecule has 2 amide bonds. The summed E-state index contributed by atoms with van der Waals surface area (Å²) in [6, 6.07) is 13.4. The van der Waals surface area contributed by atoms with E-state index in [0.29, 0.717) is 16.7 Å². The number of amides is 2. The van der Waals surface area contributed by atoms with Crippen molar-refractivity contribution in [3.05, 3.63) is 76.8 Å². The third kappa shape index (κ3) is 3.99. The van der Waals surface area contributed by atoms with Crippen molar-refractivity contribution in [2.45, 2.75) is 6.54 Å². The fourth-order valence-electron chi connectivity index (χ4n) is 2.11. The minimum Gasteiger partial charge on any atom is -0.334 e. The molecule has 3 rings (SSSR count). The molecule has 0 spiro atoms. The van der Waals surface area contributed by atoms with Gasteiger partial charge < -0.3 is 10.6 Å². The maximum Gasteiger partial charge on any atom is 0.319 e. The molecule has 0 aliphatic rings. The van der Waals surface area contributed by atoms with Gasteiger partial charge in [0, 0.05) is 22.8 Å². The van der Waals surface area contributed by atoms with Gasteiger partial charge in [-0.25, -0.2) is 13.9 Å². The number of carbonyl (C=O) groups excluding carboxylic acids is 1. The van der Waals surface area contributed by atoms with Crippen LogP contribution < -0.4 is 10.6 Å². The Kier molecular flexibility index (Phi) is 4.90. The Balaban J connectivity index is 1.58. The zero-order valence-corrected chi connectivity index (χ0v) is 14.1. The van der Waals surface area contributed by atoms with Crippen LogP contribution in [0.2, 0.25) is 0 Å². The number of nitrogens with zero attached hydrogens (tertiary/aromatic N) is 2. The highest BCUT2D eigenvalue weighted by molar-refractivity contribution is 9.10. The van der Waals surface area contributed by atoms with Crippen LogP contribution in [0.5, 0.6) is 0 Å². The molecule has 0 bridgehead atoms. The van der Waals surface area contributed by atoms with E-state index in [0.717, 1.165) is 11.3 Å². The highest BCUT2D eigenvalue weighted by Gasteiger charge is 2.07. The van der Waals surface area contributed by atoms with Gasteiger partial charge in [-0.1, -0.05) is 18.2 Å². The van der Waals surface area contributed by atoms with E-state index in [1.165, 1.54) is 18.2 Å². The normalized spacial score (nSPS) is 10.4. The Bertz CT molecular complexity index is 851. The summed E-state index contributed by atoms with van der Waals surface area (Å²) in [5.74, 6) is -0.374. The number of para-hydroxylation sites is 1. The molecule has 0 saturated carbocycles. The Morgan fingerprint density at radius 1 is 1.21 bits per heavy atom. The molecule has 0 aliphatic carbocycles. The van der Waals surface area contributed by atoms with Crippen LogP contribution in [0, 0.1) is 5.82 Å². The molecule has 122 valence electrons. The molecular weight excluding hydrogens is 375 g/mol. The molecule has 2 aromatic carbocycles. The fourth-order valence-corrected chi connectivity index (χ4v) is 2.56. The van der Waals surface area contributed by atoms with E-state index < -0.39 is 0 Å². The average Bonchev–Trinajstić information content (AvgIpc) is 3.05. The predicted molar refractivity (Wildman–Crippen MR) is 93.5 cm³/mol. The standard InChI is InChI=1S/C17H14BrFN4O/c18-15-8-13(19)6-7-16(15)22-17(24)20-9-12-10-21-23(11-12)14-4-2-1-3-5-14/h1-8,10-11H,9H2,(H2,20,22,24). The second-order valence-electron chi connectivity index (χ2n) is 5.06. The van der Waals surface area contributed by atoms with Gasteiger partial charge in [0.05, 0.1) is 17.6 Å². The topological polar surface area (TPSA) is 59.0 Å². The Morgan fingerprint density at radius 2 is 2.00 bits per heavy atom. The summed E-state index contributed by atoms with van der Waals surface area (Å²) in [6.45, 7) is 0.331. The van der Waals surface area contributed by atoms with E-state index >= 15 is 0 Å². The molecule has 0 unspecified atom stereocenters. The summed E-state index contributed by atoms with van der Waals surface area (Å²) < 4.78 is 15.3. The number of halogens is 2. The number of rotatable bonds is 4. The molecule has 0 aliphatic heterocycles. The highest BCUT2D eigenvalue weighted by atomic mass is 79.9. The van der Waals surface area contributed by atoms with E-state index in [1.807, 2.05) is 36.5 Å². The summed E-state index contributed by atoms with van der Waals surface area (Å²) in [5.41, 5.74) is 2.31. The van der Waals surface area contributed by atoms with Gasteiger partial charge in [0.25, 0.3) is 0 Å². The highest BCUT2D eigenvalue weighted by Crippen LogP contribution is 2.22. The van der Waals surface area contributed by atoms with E-state index in [4.69, 9.17) is 0 Å². The average molecular weight is 389 g/mol. The number of urea groups is 1. The van der Waals surface area contributed by atoms with Gasteiger partial charge in [-0.2, -0.15) is 5.10 Å². The van der Waals surface area contributed by atoms with Crippen molar-refractivity contribution in [1.29, 1.82) is 0 Å². The van der Waals surface area contributed by atoms with Gasteiger partial charge in [-0.3, -0.25) is 0 Å². The maximum atomic E-state index is 13.0. The van der Waals surface area contributed by atoms with Gasteiger partial charge in [-0.05, 0) is 46.3 Å². The molecule has 5 nitrogen and oxygen atoms in total. The third-order valence-corrected chi connectivity index (χ3v) is 3.95. The predicted octanol–water partition coefficient (Wildman–Crippen LogP) is 4.10. The van der Waals surface area contributed by atoms with Crippen molar-refractivity contribution in [1.82, 2.24) is 15.1 Å². The van der Waals surface area contributed by atoms with Crippen LogP contribution >= 0.6 is 15.9 Å². The molecule has 0 saturated heterocycles. The summed E-state index contributed by atoms with van der Waals surface area (Å²) >= 11 is 3.20. The monoisotopic (exact) mass is 388 g/mol. The Labute approximate surface area is 146 Å². The van der Waals surface area contributed by atoms with Gasteiger partial charge in [0.15, 0.2) is 0 Å². The lowest BCUT2D eigenvalue weighted by atomic mass is 10.3. The largest absolute Gasteiger partial charge is 0.334 e. The molecule has 7 heteroatoms. The number of benzene rings is 2. The minimum atomic E-state index is -0.380. The Hall–Kier alpha value is -2.67. The molecular formula is C17H14BrFN4O. The van der Waals surface area contributed by atoms with Crippen molar-refractivity contribution in [3.63, 3.8) is 0 Å². The van der Waals surface area contributed by atoms with Gasteiger partial charge >= 0.3 is 6.03 Å². The van der Waals surface area contributed by atoms with Crippen molar-refractivity contribution in [3.8, 4) is 5.69 Å². The maximum absolute atomic E-state index is 13.0. The van der Waals surface area contributed by atoms with Gasteiger partial charge in [0.1, 0.15) is 5.82 Å². The molecule has 2 N–H and O–H groups in total. The second-order valence-corrected chi connectivity index (χ2v) is 5.91. The Morgan fingerprint density at radius 3 is 2.75 bits per heavy atom. The van der Waals surface area contributed by atoms with Crippen molar-refractivity contribution in [2.75, 3.05) is 5.32 Å². The van der Waals surface area contributed by atoms with E-state index in [1.54, 1.807) is 10.9 Å². The first kappa shape index (κ1) is 16.2. The number of aromatic nitrogens is 2. The minimum absolute atomic E-state index is 0.331. The van der Waals surface area contributed by atoms with Crippen LogP contribution in [-0.2, 0) is 6.54 Å². The molecule has 0 fully saturated rings. The first-order valence-electron chi connectivity index (χ1n) is 7.21. The summed E-state index contributed by atoms with van der Waals surface area (Å²) in [5, 5.41) is 9.66. The van der Waals surface area contributed by atoms with E-state index in [9.17, 15) is 9.18 Å². The van der Waals surface area contributed by atoms with Crippen molar-refractivity contribution >= 4 is 27.6 Å². The van der Waals surface area contributed by atoms with Crippen LogP contribution in [0.4, 0.5) is 14.9 Å². The van der Waals surface area contributed by atoms with Crippen molar-refractivity contribution in [2.24, 2.45) is 0 Å². The molecule has 1 heterocycles. The molecule has 3 aromatic rings. The zero-order valence-electron chi connectivity index (χ0n) is 12.5. The van der Waals surface area contributed by atoms with Crippen LogP contribution in [0.1, 0.15) is 5.56 Å². The lowest BCUT2D eigenvalue weighted by Crippen LogP contribution is -2.28. The van der Waals surface area contributed by atoms with E-state index in [2.05, 4.69) is 31.7 Å². The first-order chi connectivity index (χ1) is 11.6. The molecule has 0 atom stereocenters. The fraction of sp³-hybridized carbons (Fsp3) is 0.0588. The second kappa shape index (κ2) is 7.27. The van der Waals surface area contributed by atoms with Crippen LogP contribution in [-0.4, -0.2) is 15.8 Å². The lowest BCUT2D eigenvalue weighted by molar-refractivity contribution is 0.251. The SMILES string of the molecule is O=C(NCc1cnn(-c2ccccc2)c1)Nc1ccc(F)cc1Br. The molecule has 24 heavy (non-hydrogen) atoms. The smallest absolute Gasteiger partial charge is 0.319 e. The number of hydrogen-bond donors (Lipinski definition) is 2. The van der Waals surface area contributed by atoms with Crippen LogP contribution in [0.15, 0.2) is 65.4 Å². The third-order valence-electron chi connectivity index (χ3n) is 3.29. The van der Waals surface area contributed by atoms with Crippen LogP contribution in [0.25, 0.3) is 5.69 Å². The van der Waals surface area contributed by atoms with Crippen molar-refractivity contribution < 1.29 is 9.18 Å². The quantitative estimate of drug-likeness (QED) is 0.706. The number of anilines is 1. The van der Waals surface area contributed by atoms with E-state index in [-0.39, 0.29) is 11.8 Å². The molecule has 0 radical (unpaired) electrons. The number of nitrogens with one attached hydrogen (secondary N) is 2. The first-order valence-corrected chi connectivity index (χ1v) is 8.00. The lowest BCUT2D eigenvalue weighted by Gasteiger charge is -2.08. The summed E-state index contributed by atoms with van der Waals surface area (Å²) in [4.78, 5) is 11.9. The van der Waals surface area contributed by atoms with Gasteiger partial charge in [-0.15, -0.1) is 0 Å². The summed E-state index contributed by atoms with van der Waals surface area (Å²) in [7, 11) is 0. The number of carbonyl (C=O) groups is 1. The van der Waals surface area contributed by atoms with Gasteiger partial charge in [0.2, 0.25) is 0 Å². The zero-order chi connectivity index (χ0) is 16.9. The van der Waals surface area contributed by atoms with Crippen LogP contribution in [0.3, 0.4) is 0 Å². The number of hydrogen-bond acceptors (Lipinski definition) is 2. The summed E-state index contributed by atoms with van der Waals surface area (Å²) in [6.07, 6.45) is 3.55.